The predicted molar refractivity (Wildman–Crippen MR) is 88.0 cm³/mol. The van der Waals surface area contributed by atoms with Gasteiger partial charge in [-0.05, 0) is 19.1 Å². The van der Waals surface area contributed by atoms with Crippen molar-refractivity contribution in [1.29, 1.82) is 0 Å². The zero-order valence-electron chi connectivity index (χ0n) is 12.6. The molecule has 0 unspecified atom stereocenters. The van der Waals surface area contributed by atoms with E-state index in [1.54, 1.807) is 9.58 Å². The monoisotopic (exact) mass is 305 g/mol. The van der Waals surface area contributed by atoms with E-state index in [1.165, 1.54) is 0 Å². The van der Waals surface area contributed by atoms with Crippen LogP contribution in [0, 0.1) is 6.92 Å². The van der Waals surface area contributed by atoms with Crippen LogP contribution in [0.2, 0.25) is 0 Å². The summed E-state index contributed by atoms with van der Waals surface area (Å²) in [5.41, 5.74) is 5.94. The minimum atomic E-state index is -0.0617. The third-order valence-electron chi connectivity index (χ3n) is 3.81. The highest BCUT2D eigenvalue weighted by Crippen LogP contribution is 2.29. The number of nitrogens with zero attached hydrogens (tertiary/aromatic N) is 4. The summed E-state index contributed by atoms with van der Waals surface area (Å²) < 4.78 is 1.76. The molecule has 0 fully saturated rings. The predicted octanol–water partition coefficient (Wildman–Crippen LogP) is 2.48. The number of nitrogens with one attached hydrogen (secondary N) is 1. The molecule has 23 heavy (non-hydrogen) atoms. The summed E-state index contributed by atoms with van der Waals surface area (Å²) in [6.45, 7) is 2.21. The Bertz CT molecular complexity index is 854. The third kappa shape index (κ3) is 2.24. The Morgan fingerprint density at radius 1 is 1.00 bits per heavy atom. The molecule has 1 amide bonds. The molecule has 0 saturated heterocycles. The molecule has 0 spiro atoms. The van der Waals surface area contributed by atoms with Crippen LogP contribution < -0.4 is 10.3 Å². The van der Waals surface area contributed by atoms with Crippen LogP contribution in [0.5, 0.6) is 0 Å². The average molecular weight is 305 g/mol. The number of aryl methyl sites for hydroxylation is 1. The molecule has 114 valence electrons. The molecule has 0 saturated carbocycles. The second-order valence-electron chi connectivity index (χ2n) is 5.42. The van der Waals surface area contributed by atoms with Gasteiger partial charge in [-0.25, -0.2) is 9.58 Å². The molecule has 0 aliphatic carbocycles. The van der Waals surface area contributed by atoms with Gasteiger partial charge in [-0.2, -0.15) is 0 Å². The molecular weight excluding hydrogens is 290 g/mol. The summed E-state index contributed by atoms with van der Waals surface area (Å²) in [7, 11) is 0. The lowest BCUT2D eigenvalue weighted by Crippen LogP contribution is -2.42. The van der Waals surface area contributed by atoms with Crippen LogP contribution in [0.3, 0.4) is 0 Å². The largest absolute Gasteiger partial charge is 0.312 e. The smallest absolute Gasteiger partial charge is 0.257 e. The molecule has 2 heterocycles. The van der Waals surface area contributed by atoms with E-state index in [0.717, 1.165) is 16.8 Å². The fourth-order valence-corrected chi connectivity index (χ4v) is 2.63. The van der Waals surface area contributed by atoms with Crippen molar-refractivity contribution < 1.29 is 4.79 Å². The number of aromatic nitrogens is 3. The molecule has 6 heteroatoms. The molecule has 3 aromatic rings. The summed E-state index contributed by atoms with van der Waals surface area (Å²) in [5, 5.41) is 8.47. The van der Waals surface area contributed by atoms with Crippen LogP contribution in [0.25, 0.3) is 11.4 Å². The minimum Gasteiger partial charge on any atom is -0.312 e. The summed E-state index contributed by atoms with van der Waals surface area (Å²) in [6, 6.07) is 17.6. The SMILES string of the molecule is Cc1ccc(N2C(=O)CNn3c(-c4ccccc4)nnc32)cc1. The Kier molecular flexibility index (Phi) is 3.08. The average Bonchev–Trinajstić information content (AvgIpc) is 3.01. The van der Waals surface area contributed by atoms with E-state index in [2.05, 4.69) is 15.6 Å². The molecule has 0 bridgehead atoms. The van der Waals surface area contributed by atoms with Gasteiger partial charge in [0, 0.05) is 5.56 Å². The van der Waals surface area contributed by atoms with Crippen molar-refractivity contribution in [1.82, 2.24) is 14.9 Å². The van der Waals surface area contributed by atoms with Crippen molar-refractivity contribution in [2.24, 2.45) is 0 Å². The van der Waals surface area contributed by atoms with Gasteiger partial charge in [0.05, 0.1) is 5.69 Å². The van der Waals surface area contributed by atoms with E-state index in [0.29, 0.717) is 11.8 Å². The second kappa shape index (κ2) is 5.24. The van der Waals surface area contributed by atoms with Gasteiger partial charge >= 0.3 is 0 Å². The van der Waals surface area contributed by atoms with E-state index < -0.39 is 0 Å². The van der Waals surface area contributed by atoms with Crippen molar-refractivity contribution in [2.45, 2.75) is 6.92 Å². The van der Waals surface area contributed by atoms with Crippen LogP contribution >= 0.6 is 0 Å². The highest BCUT2D eigenvalue weighted by molar-refractivity contribution is 6.02. The topological polar surface area (TPSA) is 63.1 Å². The van der Waals surface area contributed by atoms with Gasteiger partial charge in [-0.3, -0.25) is 4.79 Å². The van der Waals surface area contributed by atoms with Crippen LogP contribution in [0.15, 0.2) is 54.6 Å². The number of carbonyl (C=O) groups excluding carboxylic acids is 1. The molecule has 6 nitrogen and oxygen atoms in total. The first-order valence-electron chi connectivity index (χ1n) is 7.38. The first-order chi connectivity index (χ1) is 11.2. The number of carbonyl (C=O) groups is 1. The molecule has 0 atom stereocenters. The number of fused-ring (bicyclic) bond motifs is 1. The Morgan fingerprint density at radius 3 is 2.48 bits per heavy atom. The Labute approximate surface area is 133 Å². The van der Waals surface area contributed by atoms with Crippen LogP contribution in [-0.4, -0.2) is 27.3 Å². The first kappa shape index (κ1) is 13.5. The zero-order chi connectivity index (χ0) is 15.8. The first-order valence-corrected chi connectivity index (χ1v) is 7.38. The van der Waals surface area contributed by atoms with Crippen LogP contribution in [0.4, 0.5) is 11.6 Å². The maximum absolute atomic E-state index is 12.4. The minimum absolute atomic E-state index is 0.0617. The molecule has 1 aliphatic heterocycles. The summed E-state index contributed by atoms with van der Waals surface area (Å²) in [6.07, 6.45) is 0. The summed E-state index contributed by atoms with van der Waals surface area (Å²) in [5.74, 6) is 1.10. The molecule has 0 radical (unpaired) electrons. The standard InChI is InChI=1S/C17H15N5O/c1-12-7-9-14(10-8-12)21-15(23)11-18-22-16(19-20-17(21)22)13-5-3-2-4-6-13/h2-10,18H,11H2,1H3. The van der Waals surface area contributed by atoms with Gasteiger partial charge in [-0.15, -0.1) is 10.2 Å². The van der Waals surface area contributed by atoms with Crippen LogP contribution in [-0.2, 0) is 4.79 Å². The molecule has 1 N–H and O–H groups in total. The lowest BCUT2D eigenvalue weighted by molar-refractivity contribution is -0.116. The third-order valence-corrected chi connectivity index (χ3v) is 3.81. The van der Waals surface area contributed by atoms with Crippen molar-refractivity contribution in [3.05, 3.63) is 60.2 Å². The van der Waals surface area contributed by atoms with Crippen LogP contribution in [0.1, 0.15) is 5.56 Å². The van der Waals surface area contributed by atoms with Gasteiger partial charge < -0.3 is 5.43 Å². The lowest BCUT2D eigenvalue weighted by atomic mass is 10.2. The van der Waals surface area contributed by atoms with Crippen molar-refractivity contribution in [2.75, 3.05) is 16.9 Å². The quantitative estimate of drug-likeness (QED) is 0.790. The maximum Gasteiger partial charge on any atom is 0.257 e. The van der Waals surface area contributed by atoms with E-state index in [1.807, 2.05) is 61.5 Å². The van der Waals surface area contributed by atoms with Crippen molar-refractivity contribution in [3.8, 4) is 11.4 Å². The van der Waals surface area contributed by atoms with Gasteiger partial charge in [0.15, 0.2) is 5.82 Å². The fraction of sp³-hybridized carbons (Fsp3) is 0.118. The van der Waals surface area contributed by atoms with E-state index in [-0.39, 0.29) is 12.5 Å². The highest BCUT2D eigenvalue weighted by Gasteiger charge is 2.30. The van der Waals surface area contributed by atoms with E-state index >= 15 is 0 Å². The normalized spacial score (nSPS) is 13.6. The van der Waals surface area contributed by atoms with Gasteiger partial charge in [0.1, 0.15) is 6.54 Å². The number of benzene rings is 2. The lowest BCUT2D eigenvalue weighted by Gasteiger charge is -2.28. The Morgan fingerprint density at radius 2 is 1.74 bits per heavy atom. The van der Waals surface area contributed by atoms with Crippen molar-refractivity contribution in [3.63, 3.8) is 0 Å². The second-order valence-corrected chi connectivity index (χ2v) is 5.42. The number of hydrogen-bond donors (Lipinski definition) is 1. The Hall–Kier alpha value is -3.15. The fourth-order valence-electron chi connectivity index (χ4n) is 2.63. The van der Waals surface area contributed by atoms with Crippen molar-refractivity contribution >= 4 is 17.5 Å². The number of amides is 1. The van der Waals surface area contributed by atoms with Gasteiger partial charge in [-0.1, -0.05) is 48.0 Å². The summed E-state index contributed by atoms with van der Waals surface area (Å²) in [4.78, 5) is 14.0. The molecule has 1 aromatic heterocycles. The molecule has 2 aromatic carbocycles. The van der Waals surface area contributed by atoms with Gasteiger partial charge in [0.25, 0.3) is 11.9 Å². The van der Waals surface area contributed by atoms with E-state index in [9.17, 15) is 4.79 Å². The zero-order valence-corrected chi connectivity index (χ0v) is 12.6. The van der Waals surface area contributed by atoms with E-state index in [4.69, 9.17) is 0 Å². The number of rotatable bonds is 2. The number of hydrogen-bond acceptors (Lipinski definition) is 4. The maximum atomic E-state index is 12.4. The Balaban J connectivity index is 1.82. The van der Waals surface area contributed by atoms with Gasteiger partial charge in [0.2, 0.25) is 0 Å². The highest BCUT2D eigenvalue weighted by atomic mass is 16.2. The summed E-state index contributed by atoms with van der Waals surface area (Å²) >= 11 is 0. The molecule has 1 aliphatic rings. The molecular formula is C17H15N5O. The number of anilines is 2. The molecule has 4 rings (SSSR count).